The number of nitrogens with two attached hydrogens (primary N) is 1. The molecule has 4 aromatic rings. The number of pyridine rings is 1. The van der Waals surface area contributed by atoms with E-state index >= 15 is 0 Å². The van der Waals surface area contributed by atoms with E-state index in [1.807, 2.05) is 38.1 Å². The summed E-state index contributed by atoms with van der Waals surface area (Å²) in [7, 11) is 0. The fourth-order valence-corrected chi connectivity index (χ4v) is 4.46. The number of aromatic amines is 1. The zero-order valence-corrected chi connectivity index (χ0v) is 19.8. The molecule has 0 radical (unpaired) electrons. The maximum atomic E-state index is 13.3. The summed E-state index contributed by atoms with van der Waals surface area (Å²) in [4.78, 5) is 41.8. The maximum absolute atomic E-state index is 13.3. The fourth-order valence-electron chi connectivity index (χ4n) is 4.46. The second-order valence-corrected chi connectivity index (χ2v) is 8.71. The number of imidazole rings is 1. The molecule has 0 fully saturated rings. The number of amides is 2. The third-order valence-corrected chi connectivity index (χ3v) is 6.22. The third-order valence-electron chi connectivity index (χ3n) is 6.22. The van der Waals surface area contributed by atoms with Gasteiger partial charge in [0.2, 0.25) is 5.95 Å². The summed E-state index contributed by atoms with van der Waals surface area (Å²) < 4.78 is 5.85. The number of hydrogen-bond acceptors (Lipinski definition) is 7. The van der Waals surface area contributed by atoms with E-state index in [4.69, 9.17) is 10.5 Å². The van der Waals surface area contributed by atoms with E-state index in [-0.39, 0.29) is 5.95 Å². The van der Waals surface area contributed by atoms with Crippen molar-refractivity contribution in [2.45, 2.75) is 32.0 Å². The highest BCUT2D eigenvalue weighted by Crippen LogP contribution is 2.33. The van der Waals surface area contributed by atoms with Gasteiger partial charge >= 0.3 is 0 Å². The van der Waals surface area contributed by atoms with Gasteiger partial charge in [-0.1, -0.05) is 23.8 Å². The van der Waals surface area contributed by atoms with E-state index in [1.165, 1.54) is 6.34 Å². The van der Waals surface area contributed by atoms with Crippen molar-refractivity contribution in [3.8, 4) is 5.75 Å². The van der Waals surface area contributed by atoms with Gasteiger partial charge in [-0.15, -0.1) is 0 Å². The van der Waals surface area contributed by atoms with Crippen molar-refractivity contribution < 1.29 is 14.3 Å². The Kier molecular flexibility index (Phi) is 5.85. The number of carbonyl (C=O) groups is 2. The number of aliphatic imine (C=N–C) groups is 1. The summed E-state index contributed by atoms with van der Waals surface area (Å²) in [5.74, 6) is -0.355. The molecule has 36 heavy (non-hydrogen) atoms. The molecule has 5 N–H and O–H groups in total. The van der Waals surface area contributed by atoms with E-state index in [9.17, 15) is 9.59 Å². The Morgan fingerprint density at radius 3 is 2.67 bits per heavy atom. The normalized spacial score (nSPS) is 18.7. The molecule has 0 saturated carbocycles. The van der Waals surface area contributed by atoms with Crippen molar-refractivity contribution in [2.75, 3.05) is 5.32 Å². The number of nitrogens with zero attached hydrogens (tertiary/aromatic N) is 3. The topological polar surface area (TPSA) is 147 Å². The van der Waals surface area contributed by atoms with Gasteiger partial charge in [0.15, 0.2) is 11.6 Å². The van der Waals surface area contributed by atoms with Crippen LogP contribution in [0.4, 0.5) is 5.95 Å². The number of hydrogen-bond donors (Lipinski definition) is 4. The number of primary amides is 1. The minimum absolute atomic E-state index is 0.224. The SMILES string of the molecule is Cc1ccc(C2(C(N)=O)NC=NC2C(=O)Nc2nc3ccc(OCc4ccncc4)cc3[nH]2)c(C)c1. The quantitative estimate of drug-likeness (QED) is 0.317. The molecule has 2 aromatic heterocycles. The van der Waals surface area contributed by atoms with Gasteiger partial charge in [0.25, 0.3) is 11.8 Å². The highest BCUT2D eigenvalue weighted by Gasteiger charge is 2.52. The summed E-state index contributed by atoms with van der Waals surface area (Å²) in [6, 6.07) is 13.6. The lowest BCUT2D eigenvalue weighted by Crippen LogP contribution is -2.59. The minimum atomic E-state index is -1.51. The monoisotopic (exact) mass is 483 g/mol. The minimum Gasteiger partial charge on any atom is -0.489 e. The summed E-state index contributed by atoms with van der Waals surface area (Å²) >= 11 is 0. The van der Waals surface area contributed by atoms with Gasteiger partial charge in [0, 0.05) is 18.5 Å². The Bertz CT molecular complexity index is 1480. The first kappa shape index (κ1) is 23.0. The van der Waals surface area contributed by atoms with Gasteiger partial charge in [-0.25, -0.2) is 4.98 Å². The van der Waals surface area contributed by atoms with Gasteiger partial charge in [-0.3, -0.25) is 24.9 Å². The molecule has 0 saturated heterocycles. The molecule has 2 atom stereocenters. The van der Waals surface area contributed by atoms with E-state index in [2.05, 4.69) is 30.6 Å². The van der Waals surface area contributed by atoms with Crippen molar-refractivity contribution in [2.24, 2.45) is 10.7 Å². The van der Waals surface area contributed by atoms with E-state index in [0.717, 1.165) is 16.7 Å². The van der Waals surface area contributed by atoms with Crippen LogP contribution in [0, 0.1) is 13.8 Å². The number of benzene rings is 2. The standard InChI is InChI=1S/C26H25N7O3/c1-15-3-5-19(16(2)11-15)26(24(27)35)22(29-14-30-26)23(34)33-25-31-20-6-4-18(12-21(20)32-25)36-13-17-7-9-28-10-8-17/h3-12,14,22H,13H2,1-2H3,(H2,27,35)(H,29,30)(H2,31,32,33,34). The molecule has 1 aliphatic heterocycles. The molecule has 5 rings (SSSR count). The van der Waals surface area contributed by atoms with E-state index in [0.29, 0.717) is 29.0 Å². The van der Waals surface area contributed by atoms with Gasteiger partial charge in [-0.2, -0.15) is 0 Å². The molecule has 10 heteroatoms. The highest BCUT2D eigenvalue weighted by molar-refractivity contribution is 6.05. The summed E-state index contributed by atoms with van der Waals surface area (Å²) in [6.45, 7) is 4.22. The Hall–Kier alpha value is -4.73. The van der Waals surface area contributed by atoms with Crippen LogP contribution in [0.25, 0.3) is 11.0 Å². The van der Waals surface area contributed by atoms with Crippen molar-refractivity contribution in [1.29, 1.82) is 0 Å². The largest absolute Gasteiger partial charge is 0.489 e. The first-order valence-corrected chi connectivity index (χ1v) is 11.4. The molecular formula is C26H25N7O3. The van der Waals surface area contributed by atoms with Crippen LogP contribution >= 0.6 is 0 Å². The predicted octanol–water partition coefficient (Wildman–Crippen LogP) is 2.47. The molecule has 0 aliphatic carbocycles. The van der Waals surface area contributed by atoms with Crippen molar-refractivity contribution >= 4 is 35.1 Å². The first-order chi connectivity index (χ1) is 17.4. The molecule has 0 bridgehead atoms. The predicted molar refractivity (Wildman–Crippen MR) is 135 cm³/mol. The lowest BCUT2D eigenvalue weighted by atomic mass is 9.80. The molecule has 10 nitrogen and oxygen atoms in total. The number of H-pyrrole nitrogens is 1. The van der Waals surface area contributed by atoms with Gasteiger partial charge in [-0.05, 0) is 54.8 Å². The summed E-state index contributed by atoms with van der Waals surface area (Å²) in [5, 5.41) is 5.69. The van der Waals surface area contributed by atoms with Crippen LogP contribution < -0.4 is 21.1 Å². The third kappa shape index (κ3) is 4.13. The number of rotatable bonds is 7. The number of aromatic nitrogens is 3. The Morgan fingerprint density at radius 2 is 1.92 bits per heavy atom. The molecule has 182 valence electrons. The van der Waals surface area contributed by atoms with Crippen LogP contribution in [-0.2, 0) is 21.7 Å². The highest BCUT2D eigenvalue weighted by atomic mass is 16.5. The first-order valence-electron chi connectivity index (χ1n) is 11.4. The van der Waals surface area contributed by atoms with Gasteiger partial charge in [0.05, 0.1) is 17.4 Å². The Labute approximate surface area is 207 Å². The van der Waals surface area contributed by atoms with Gasteiger partial charge < -0.3 is 20.8 Å². The number of nitrogens with one attached hydrogen (secondary N) is 3. The number of aryl methyl sites for hydroxylation is 2. The van der Waals surface area contributed by atoms with Gasteiger partial charge in [0.1, 0.15) is 12.4 Å². The number of anilines is 1. The molecule has 2 unspecified atom stereocenters. The Morgan fingerprint density at radius 1 is 1.11 bits per heavy atom. The fraction of sp³-hybridized carbons (Fsp3) is 0.192. The second-order valence-electron chi connectivity index (χ2n) is 8.71. The number of fused-ring (bicyclic) bond motifs is 1. The van der Waals surface area contributed by atoms with Crippen molar-refractivity contribution in [1.82, 2.24) is 20.3 Å². The van der Waals surface area contributed by atoms with Crippen molar-refractivity contribution in [3.05, 3.63) is 83.2 Å². The molecular weight excluding hydrogens is 458 g/mol. The molecule has 2 amide bonds. The van der Waals surface area contributed by atoms with Crippen molar-refractivity contribution in [3.63, 3.8) is 0 Å². The van der Waals surface area contributed by atoms with Crippen LogP contribution in [-0.4, -0.2) is 39.1 Å². The smallest absolute Gasteiger partial charge is 0.254 e. The summed E-state index contributed by atoms with van der Waals surface area (Å²) in [5.41, 5.74) is 9.10. The van der Waals surface area contributed by atoms with Crippen LogP contribution in [0.5, 0.6) is 5.75 Å². The lowest BCUT2D eigenvalue weighted by Gasteiger charge is -2.32. The average molecular weight is 484 g/mol. The lowest BCUT2D eigenvalue weighted by molar-refractivity contribution is -0.129. The van der Waals surface area contributed by atoms with E-state index < -0.39 is 23.4 Å². The Balaban J connectivity index is 1.37. The number of carbonyl (C=O) groups excluding carboxylic acids is 2. The zero-order valence-electron chi connectivity index (χ0n) is 19.8. The van der Waals surface area contributed by atoms with Crippen LogP contribution in [0.1, 0.15) is 22.3 Å². The van der Waals surface area contributed by atoms with Crippen LogP contribution in [0.3, 0.4) is 0 Å². The molecule has 1 aliphatic rings. The molecule has 0 spiro atoms. The zero-order chi connectivity index (χ0) is 25.3. The van der Waals surface area contributed by atoms with Crippen LogP contribution in [0.15, 0.2) is 65.9 Å². The molecule has 3 heterocycles. The summed E-state index contributed by atoms with van der Waals surface area (Å²) in [6.07, 6.45) is 4.77. The maximum Gasteiger partial charge on any atom is 0.254 e. The molecule has 2 aromatic carbocycles. The van der Waals surface area contributed by atoms with E-state index in [1.54, 1.807) is 36.7 Å². The number of ether oxygens (including phenoxy) is 1. The second kappa shape index (κ2) is 9.14. The van der Waals surface area contributed by atoms with Crippen LogP contribution in [0.2, 0.25) is 0 Å². The average Bonchev–Trinajstić information content (AvgIpc) is 3.48.